The van der Waals surface area contributed by atoms with Crippen molar-refractivity contribution in [1.82, 2.24) is 0 Å². The third kappa shape index (κ3) is 2.34. The quantitative estimate of drug-likeness (QED) is 0.693. The molecule has 1 aromatic rings. The molecular formula is C11H15NO3. The second-order valence-electron chi connectivity index (χ2n) is 3.62. The number of benzene rings is 1. The van der Waals surface area contributed by atoms with Crippen LogP contribution in [0.25, 0.3) is 0 Å². The van der Waals surface area contributed by atoms with Gasteiger partial charge in [0.2, 0.25) is 0 Å². The van der Waals surface area contributed by atoms with Gasteiger partial charge in [-0.3, -0.25) is 0 Å². The second kappa shape index (κ2) is 4.42. The number of aromatic carboxylic acids is 1. The van der Waals surface area contributed by atoms with E-state index in [1.807, 2.05) is 6.92 Å². The molecule has 4 heteroatoms. The molecule has 1 unspecified atom stereocenters. The number of aliphatic hydroxyl groups is 1. The molecule has 0 bridgehead atoms. The van der Waals surface area contributed by atoms with E-state index < -0.39 is 12.0 Å². The van der Waals surface area contributed by atoms with Crippen LogP contribution in [0, 0.1) is 13.8 Å². The number of aliphatic hydroxyl groups excluding tert-OH is 1. The van der Waals surface area contributed by atoms with Crippen LogP contribution < -0.4 is 5.73 Å². The summed E-state index contributed by atoms with van der Waals surface area (Å²) >= 11 is 0. The molecule has 0 radical (unpaired) electrons. The van der Waals surface area contributed by atoms with Crippen molar-refractivity contribution in [1.29, 1.82) is 0 Å². The molecule has 0 aromatic heterocycles. The average molecular weight is 209 g/mol. The maximum Gasteiger partial charge on any atom is 0.335 e. The second-order valence-corrected chi connectivity index (χ2v) is 3.62. The van der Waals surface area contributed by atoms with Gasteiger partial charge in [-0.2, -0.15) is 0 Å². The van der Waals surface area contributed by atoms with E-state index in [4.69, 9.17) is 15.9 Å². The average Bonchev–Trinajstić information content (AvgIpc) is 2.16. The van der Waals surface area contributed by atoms with Crippen LogP contribution in [0.1, 0.15) is 33.1 Å². The fourth-order valence-corrected chi connectivity index (χ4v) is 1.60. The predicted molar refractivity (Wildman–Crippen MR) is 56.9 cm³/mol. The molecule has 1 rings (SSSR count). The van der Waals surface area contributed by atoms with Crippen molar-refractivity contribution in [2.24, 2.45) is 5.73 Å². The summed E-state index contributed by atoms with van der Waals surface area (Å²) in [4.78, 5) is 10.9. The lowest BCUT2D eigenvalue weighted by molar-refractivity contribution is 0.0696. The van der Waals surface area contributed by atoms with Gasteiger partial charge in [0.05, 0.1) is 18.2 Å². The minimum atomic E-state index is -0.973. The van der Waals surface area contributed by atoms with Gasteiger partial charge in [-0.1, -0.05) is 6.07 Å². The van der Waals surface area contributed by atoms with Crippen molar-refractivity contribution in [3.8, 4) is 0 Å². The SMILES string of the molecule is Cc1cc(C)c(C(N)CO)cc1C(=O)O. The molecule has 0 fully saturated rings. The Balaban J connectivity index is 3.29. The molecule has 0 aliphatic rings. The Bertz CT molecular complexity index is 388. The van der Waals surface area contributed by atoms with Crippen molar-refractivity contribution in [3.63, 3.8) is 0 Å². The van der Waals surface area contributed by atoms with E-state index in [1.165, 1.54) is 6.07 Å². The maximum absolute atomic E-state index is 10.9. The van der Waals surface area contributed by atoms with Crippen LogP contribution in [0.4, 0.5) is 0 Å². The Morgan fingerprint density at radius 2 is 2.00 bits per heavy atom. The van der Waals surface area contributed by atoms with Crippen LogP contribution in [-0.2, 0) is 0 Å². The van der Waals surface area contributed by atoms with E-state index in [9.17, 15) is 4.79 Å². The summed E-state index contributed by atoms with van der Waals surface area (Å²) in [6, 6.07) is 2.78. The first kappa shape index (κ1) is 11.7. The minimum Gasteiger partial charge on any atom is -0.478 e. The highest BCUT2D eigenvalue weighted by Crippen LogP contribution is 2.20. The molecule has 0 aliphatic heterocycles. The lowest BCUT2D eigenvalue weighted by atomic mass is 9.96. The molecule has 0 saturated heterocycles. The Kier molecular flexibility index (Phi) is 3.44. The van der Waals surface area contributed by atoms with E-state index in [1.54, 1.807) is 13.0 Å². The maximum atomic E-state index is 10.9. The normalized spacial score (nSPS) is 12.5. The summed E-state index contributed by atoms with van der Waals surface area (Å²) in [5.74, 6) is -0.973. The van der Waals surface area contributed by atoms with Crippen LogP contribution in [0.2, 0.25) is 0 Å². The van der Waals surface area contributed by atoms with Crippen LogP contribution in [-0.4, -0.2) is 22.8 Å². The first-order chi connectivity index (χ1) is 6.97. The summed E-state index contributed by atoms with van der Waals surface area (Å²) in [5, 5.41) is 17.9. The van der Waals surface area contributed by atoms with E-state index in [0.29, 0.717) is 11.1 Å². The monoisotopic (exact) mass is 209 g/mol. The summed E-state index contributed by atoms with van der Waals surface area (Å²) in [6.45, 7) is 3.40. The first-order valence-corrected chi connectivity index (χ1v) is 4.68. The third-order valence-electron chi connectivity index (χ3n) is 2.44. The van der Waals surface area contributed by atoms with Gasteiger partial charge < -0.3 is 15.9 Å². The van der Waals surface area contributed by atoms with Gasteiger partial charge in [0.25, 0.3) is 0 Å². The number of carbonyl (C=O) groups is 1. The van der Waals surface area contributed by atoms with Crippen molar-refractivity contribution >= 4 is 5.97 Å². The molecule has 4 N–H and O–H groups in total. The molecule has 1 atom stereocenters. The molecule has 15 heavy (non-hydrogen) atoms. The van der Waals surface area contributed by atoms with Gasteiger partial charge in [-0.05, 0) is 36.6 Å². The van der Waals surface area contributed by atoms with Crippen LogP contribution in [0.5, 0.6) is 0 Å². The Morgan fingerprint density at radius 3 is 2.47 bits per heavy atom. The van der Waals surface area contributed by atoms with Gasteiger partial charge in [-0.15, -0.1) is 0 Å². The predicted octanol–water partition coefficient (Wildman–Crippen LogP) is 0.994. The van der Waals surface area contributed by atoms with Crippen molar-refractivity contribution < 1.29 is 15.0 Å². The summed E-state index contributed by atoms with van der Waals surface area (Å²) < 4.78 is 0. The molecule has 1 aromatic carbocycles. The third-order valence-corrected chi connectivity index (χ3v) is 2.44. The smallest absolute Gasteiger partial charge is 0.335 e. The number of nitrogens with two attached hydrogens (primary N) is 1. The molecule has 82 valence electrons. The van der Waals surface area contributed by atoms with Gasteiger partial charge in [0.1, 0.15) is 0 Å². The van der Waals surface area contributed by atoms with E-state index in [-0.39, 0.29) is 12.2 Å². The topological polar surface area (TPSA) is 83.5 Å². The van der Waals surface area contributed by atoms with Gasteiger partial charge in [-0.25, -0.2) is 4.79 Å². The number of hydrogen-bond donors (Lipinski definition) is 3. The van der Waals surface area contributed by atoms with Crippen LogP contribution >= 0.6 is 0 Å². The van der Waals surface area contributed by atoms with Crippen molar-refractivity contribution in [3.05, 3.63) is 34.4 Å². The Morgan fingerprint density at radius 1 is 1.40 bits per heavy atom. The Labute approximate surface area is 88.3 Å². The fraction of sp³-hybridized carbons (Fsp3) is 0.364. The van der Waals surface area contributed by atoms with E-state index >= 15 is 0 Å². The highest BCUT2D eigenvalue weighted by Gasteiger charge is 2.14. The first-order valence-electron chi connectivity index (χ1n) is 4.68. The van der Waals surface area contributed by atoms with Gasteiger partial charge >= 0.3 is 5.97 Å². The molecule has 0 spiro atoms. The van der Waals surface area contributed by atoms with E-state index in [0.717, 1.165) is 5.56 Å². The summed E-state index contributed by atoms with van der Waals surface area (Å²) in [5.41, 5.74) is 8.19. The number of aryl methyl sites for hydroxylation is 2. The number of rotatable bonds is 3. The highest BCUT2D eigenvalue weighted by molar-refractivity contribution is 5.89. The van der Waals surface area contributed by atoms with E-state index in [2.05, 4.69) is 0 Å². The largest absolute Gasteiger partial charge is 0.478 e. The van der Waals surface area contributed by atoms with Crippen molar-refractivity contribution in [2.45, 2.75) is 19.9 Å². The summed E-state index contributed by atoms with van der Waals surface area (Å²) in [7, 11) is 0. The lowest BCUT2D eigenvalue weighted by Gasteiger charge is -2.14. The molecule has 0 amide bonds. The van der Waals surface area contributed by atoms with Crippen molar-refractivity contribution in [2.75, 3.05) is 6.61 Å². The zero-order valence-electron chi connectivity index (χ0n) is 8.82. The summed E-state index contributed by atoms with van der Waals surface area (Å²) in [6.07, 6.45) is 0. The van der Waals surface area contributed by atoms with Gasteiger partial charge in [0.15, 0.2) is 0 Å². The lowest BCUT2D eigenvalue weighted by Crippen LogP contribution is -2.17. The molecule has 0 saturated carbocycles. The zero-order valence-corrected chi connectivity index (χ0v) is 8.82. The number of carboxylic acid groups (broad SMARTS) is 1. The molecular weight excluding hydrogens is 194 g/mol. The standard InChI is InChI=1S/C11H15NO3/c1-6-3-7(2)9(11(14)15)4-8(6)10(12)5-13/h3-4,10,13H,5,12H2,1-2H3,(H,14,15). The number of hydrogen-bond acceptors (Lipinski definition) is 3. The number of carboxylic acids is 1. The van der Waals surface area contributed by atoms with Crippen LogP contribution in [0.15, 0.2) is 12.1 Å². The highest BCUT2D eigenvalue weighted by atomic mass is 16.4. The fourth-order valence-electron chi connectivity index (χ4n) is 1.60. The molecule has 0 aliphatic carbocycles. The minimum absolute atomic E-state index is 0.192. The molecule has 4 nitrogen and oxygen atoms in total. The Hall–Kier alpha value is -1.39. The molecule has 0 heterocycles. The zero-order chi connectivity index (χ0) is 11.6. The van der Waals surface area contributed by atoms with Gasteiger partial charge in [0, 0.05) is 0 Å². The van der Waals surface area contributed by atoms with Crippen LogP contribution in [0.3, 0.4) is 0 Å².